The van der Waals surface area contributed by atoms with Gasteiger partial charge < -0.3 is 5.73 Å². The molecule has 4 heteroatoms. The molecule has 0 aliphatic carbocycles. The molecule has 106 valence electrons. The van der Waals surface area contributed by atoms with Crippen LogP contribution in [0.4, 0.5) is 4.39 Å². The zero-order valence-electron chi connectivity index (χ0n) is 11.9. The zero-order chi connectivity index (χ0) is 13.8. The van der Waals surface area contributed by atoms with Crippen molar-refractivity contribution in [1.82, 2.24) is 9.80 Å². The zero-order valence-corrected chi connectivity index (χ0v) is 11.9. The van der Waals surface area contributed by atoms with E-state index in [1.165, 1.54) is 6.07 Å². The van der Waals surface area contributed by atoms with Gasteiger partial charge in [0.15, 0.2) is 0 Å². The summed E-state index contributed by atoms with van der Waals surface area (Å²) in [5.41, 5.74) is 7.48. The summed E-state index contributed by atoms with van der Waals surface area (Å²) in [6, 6.07) is 5.76. The molecule has 1 aliphatic heterocycles. The lowest BCUT2D eigenvalue weighted by atomic mass is 10.1. The second kappa shape index (κ2) is 6.46. The Morgan fingerprint density at radius 2 is 1.74 bits per heavy atom. The van der Waals surface area contributed by atoms with Gasteiger partial charge in [-0.2, -0.15) is 0 Å². The van der Waals surface area contributed by atoms with E-state index in [-0.39, 0.29) is 5.82 Å². The minimum atomic E-state index is -0.182. The van der Waals surface area contributed by atoms with Crippen molar-refractivity contribution in [3.63, 3.8) is 0 Å². The van der Waals surface area contributed by atoms with E-state index in [0.717, 1.165) is 43.9 Å². The Hall–Kier alpha value is -0.970. The van der Waals surface area contributed by atoms with Gasteiger partial charge in [0.1, 0.15) is 5.82 Å². The molecule has 0 atom stereocenters. The number of piperazine rings is 1. The monoisotopic (exact) mass is 265 g/mol. The second-order valence-electron chi connectivity index (χ2n) is 5.58. The highest BCUT2D eigenvalue weighted by Crippen LogP contribution is 2.13. The second-order valence-corrected chi connectivity index (χ2v) is 5.58. The van der Waals surface area contributed by atoms with E-state index in [1.807, 2.05) is 6.07 Å². The summed E-state index contributed by atoms with van der Waals surface area (Å²) < 4.78 is 13.5. The van der Waals surface area contributed by atoms with Crippen molar-refractivity contribution in [2.24, 2.45) is 5.73 Å². The van der Waals surface area contributed by atoms with Gasteiger partial charge in [-0.25, -0.2) is 4.39 Å². The molecule has 0 spiro atoms. The van der Waals surface area contributed by atoms with E-state index < -0.39 is 0 Å². The molecule has 0 saturated carbocycles. The lowest BCUT2D eigenvalue weighted by Gasteiger charge is -2.37. The third kappa shape index (κ3) is 4.00. The van der Waals surface area contributed by atoms with Crippen molar-refractivity contribution in [2.75, 3.05) is 26.2 Å². The standard InChI is InChI=1S/C15H24FN3/c1-12(2)19-5-3-18(4-6-19)11-14-7-13(10-17)8-15(16)9-14/h7-9,12H,3-6,10-11,17H2,1-2H3. The lowest BCUT2D eigenvalue weighted by Crippen LogP contribution is -2.48. The van der Waals surface area contributed by atoms with E-state index in [0.29, 0.717) is 12.6 Å². The quantitative estimate of drug-likeness (QED) is 0.901. The van der Waals surface area contributed by atoms with Crippen LogP contribution in [0.3, 0.4) is 0 Å². The molecule has 3 nitrogen and oxygen atoms in total. The number of benzene rings is 1. The molecule has 0 bridgehead atoms. The first-order valence-corrected chi connectivity index (χ1v) is 7.03. The van der Waals surface area contributed by atoms with Crippen LogP contribution in [0.1, 0.15) is 25.0 Å². The fraction of sp³-hybridized carbons (Fsp3) is 0.600. The number of hydrogen-bond acceptors (Lipinski definition) is 3. The Balaban J connectivity index is 1.93. The van der Waals surface area contributed by atoms with Crippen molar-refractivity contribution in [3.05, 3.63) is 35.1 Å². The van der Waals surface area contributed by atoms with Gasteiger partial charge in [0.25, 0.3) is 0 Å². The Labute approximate surface area is 115 Å². The molecule has 2 rings (SSSR count). The van der Waals surface area contributed by atoms with Crippen LogP contribution in [0.2, 0.25) is 0 Å². The van der Waals surface area contributed by atoms with E-state index in [1.54, 1.807) is 6.07 Å². The van der Waals surface area contributed by atoms with Crippen LogP contribution in [0.5, 0.6) is 0 Å². The molecule has 1 heterocycles. The topological polar surface area (TPSA) is 32.5 Å². The molecule has 0 amide bonds. The van der Waals surface area contributed by atoms with Crippen LogP contribution < -0.4 is 5.73 Å². The average Bonchev–Trinajstić information content (AvgIpc) is 2.38. The lowest BCUT2D eigenvalue weighted by molar-refractivity contribution is 0.104. The SMILES string of the molecule is CC(C)N1CCN(Cc2cc(F)cc(CN)c2)CC1. The molecule has 0 radical (unpaired) electrons. The Bertz CT molecular complexity index is 412. The highest BCUT2D eigenvalue weighted by Gasteiger charge is 2.18. The third-order valence-electron chi connectivity index (χ3n) is 3.80. The van der Waals surface area contributed by atoms with Crippen molar-refractivity contribution in [1.29, 1.82) is 0 Å². The summed E-state index contributed by atoms with van der Waals surface area (Å²) in [5, 5.41) is 0. The van der Waals surface area contributed by atoms with E-state index >= 15 is 0 Å². The number of nitrogens with zero attached hydrogens (tertiary/aromatic N) is 2. The fourth-order valence-corrected chi connectivity index (χ4v) is 2.62. The van der Waals surface area contributed by atoms with Gasteiger partial charge in [-0.3, -0.25) is 9.80 Å². The minimum absolute atomic E-state index is 0.182. The molecule has 1 saturated heterocycles. The summed E-state index contributed by atoms with van der Waals surface area (Å²) in [5.74, 6) is -0.182. The normalized spacial score (nSPS) is 18.2. The number of nitrogens with two attached hydrogens (primary N) is 1. The minimum Gasteiger partial charge on any atom is -0.326 e. The van der Waals surface area contributed by atoms with Crippen LogP contribution in [0.15, 0.2) is 18.2 Å². The summed E-state index contributed by atoms with van der Waals surface area (Å²) >= 11 is 0. The molecular weight excluding hydrogens is 241 g/mol. The molecule has 0 unspecified atom stereocenters. The molecular formula is C15H24FN3. The number of hydrogen-bond donors (Lipinski definition) is 1. The highest BCUT2D eigenvalue weighted by molar-refractivity contribution is 5.24. The molecule has 1 aromatic carbocycles. The molecule has 1 fully saturated rings. The first-order valence-electron chi connectivity index (χ1n) is 7.03. The fourth-order valence-electron chi connectivity index (χ4n) is 2.62. The molecule has 1 aromatic rings. The van der Waals surface area contributed by atoms with E-state index in [9.17, 15) is 4.39 Å². The van der Waals surface area contributed by atoms with Gasteiger partial charge in [-0.15, -0.1) is 0 Å². The number of halogens is 1. The summed E-state index contributed by atoms with van der Waals surface area (Å²) in [4.78, 5) is 4.86. The predicted molar refractivity (Wildman–Crippen MR) is 76.3 cm³/mol. The van der Waals surface area contributed by atoms with Crippen molar-refractivity contribution < 1.29 is 4.39 Å². The molecule has 0 aromatic heterocycles. The van der Waals surface area contributed by atoms with Crippen LogP contribution in [-0.2, 0) is 13.1 Å². The summed E-state index contributed by atoms with van der Waals surface area (Å²) in [7, 11) is 0. The maximum absolute atomic E-state index is 13.5. The van der Waals surface area contributed by atoms with Crippen molar-refractivity contribution >= 4 is 0 Å². The van der Waals surface area contributed by atoms with Gasteiger partial charge in [0.2, 0.25) is 0 Å². The average molecular weight is 265 g/mol. The molecule has 19 heavy (non-hydrogen) atoms. The Morgan fingerprint density at radius 1 is 1.11 bits per heavy atom. The van der Waals surface area contributed by atoms with E-state index in [2.05, 4.69) is 23.6 Å². The van der Waals surface area contributed by atoms with Crippen LogP contribution >= 0.6 is 0 Å². The van der Waals surface area contributed by atoms with Crippen LogP contribution in [-0.4, -0.2) is 42.0 Å². The van der Waals surface area contributed by atoms with Crippen LogP contribution in [0, 0.1) is 5.82 Å². The highest BCUT2D eigenvalue weighted by atomic mass is 19.1. The summed E-state index contributed by atoms with van der Waals surface area (Å²) in [6.07, 6.45) is 0. The number of rotatable bonds is 4. The maximum atomic E-state index is 13.5. The Morgan fingerprint density at radius 3 is 2.32 bits per heavy atom. The van der Waals surface area contributed by atoms with Crippen LogP contribution in [0.25, 0.3) is 0 Å². The molecule has 2 N–H and O–H groups in total. The Kier molecular flexibility index (Phi) is 4.91. The van der Waals surface area contributed by atoms with Crippen molar-refractivity contribution in [2.45, 2.75) is 33.0 Å². The van der Waals surface area contributed by atoms with Crippen molar-refractivity contribution in [3.8, 4) is 0 Å². The maximum Gasteiger partial charge on any atom is 0.123 e. The predicted octanol–water partition coefficient (Wildman–Crippen LogP) is 1.81. The first-order chi connectivity index (χ1) is 9.08. The van der Waals surface area contributed by atoms with Gasteiger partial charge in [-0.1, -0.05) is 6.07 Å². The van der Waals surface area contributed by atoms with Gasteiger partial charge >= 0.3 is 0 Å². The third-order valence-corrected chi connectivity index (χ3v) is 3.80. The van der Waals surface area contributed by atoms with Gasteiger partial charge in [0, 0.05) is 45.3 Å². The first kappa shape index (κ1) is 14.4. The largest absolute Gasteiger partial charge is 0.326 e. The summed E-state index contributed by atoms with van der Waals surface area (Å²) in [6.45, 7) is 9.96. The van der Waals surface area contributed by atoms with Gasteiger partial charge in [0.05, 0.1) is 0 Å². The smallest absolute Gasteiger partial charge is 0.123 e. The molecule has 1 aliphatic rings. The van der Waals surface area contributed by atoms with Gasteiger partial charge in [-0.05, 0) is 37.1 Å². The van der Waals surface area contributed by atoms with E-state index in [4.69, 9.17) is 5.73 Å².